The number of hydrogen-bond acceptors (Lipinski definition) is 2. The molecule has 106 valence electrons. The highest BCUT2D eigenvalue weighted by molar-refractivity contribution is 9.10. The lowest BCUT2D eigenvalue weighted by molar-refractivity contribution is 0.0474. The van der Waals surface area contributed by atoms with E-state index in [9.17, 15) is 9.59 Å². The molecule has 1 aromatic carbocycles. The highest BCUT2D eigenvalue weighted by atomic mass is 79.9. The molecule has 0 radical (unpaired) electrons. The van der Waals surface area contributed by atoms with Crippen LogP contribution in [0.25, 0.3) is 0 Å². The molecule has 0 spiro atoms. The second-order valence-electron chi connectivity index (χ2n) is 5.79. The van der Waals surface area contributed by atoms with E-state index in [0.717, 1.165) is 19.0 Å². The summed E-state index contributed by atoms with van der Waals surface area (Å²) in [5.41, 5.74) is 0.583. The summed E-state index contributed by atoms with van der Waals surface area (Å²) in [4.78, 5) is 25.1. The van der Waals surface area contributed by atoms with E-state index in [1.165, 1.54) is 31.4 Å². The fourth-order valence-corrected chi connectivity index (χ4v) is 3.22. The van der Waals surface area contributed by atoms with Crippen LogP contribution >= 0.6 is 15.9 Å². The number of likely N-dealkylation sites (tertiary alicyclic amines) is 1. The molecule has 0 atom stereocenters. The van der Waals surface area contributed by atoms with E-state index < -0.39 is 5.97 Å². The van der Waals surface area contributed by atoms with Crippen LogP contribution in [0.2, 0.25) is 0 Å². The molecule has 3 rings (SSSR count). The molecule has 1 N–H and O–H groups in total. The molecule has 1 aliphatic carbocycles. The first-order valence-electron chi connectivity index (χ1n) is 6.86. The summed E-state index contributed by atoms with van der Waals surface area (Å²) < 4.78 is 0.621. The fourth-order valence-electron chi connectivity index (χ4n) is 2.73. The first kappa shape index (κ1) is 13.6. The van der Waals surface area contributed by atoms with Crippen LogP contribution in [0.15, 0.2) is 22.7 Å². The van der Waals surface area contributed by atoms with E-state index >= 15 is 0 Å². The number of nitrogens with zero attached hydrogens (tertiary/aromatic N) is 1. The van der Waals surface area contributed by atoms with Crippen LogP contribution < -0.4 is 0 Å². The maximum Gasteiger partial charge on any atom is 0.335 e. The van der Waals surface area contributed by atoms with Crippen molar-refractivity contribution in [2.45, 2.75) is 19.3 Å². The molecule has 1 aliphatic heterocycles. The van der Waals surface area contributed by atoms with E-state index in [2.05, 4.69) is 15.9 Å². The van der Waals surface area contributed by atoms with Crippen LogP contribution in [-0.4, -0.2) is 35.0 Å². The van der Waals surface area contributed by atoms with Gasteiger partial charge in [-0.2, -0.15) is 0 Å². The highest BCUT2D eigenvalue weighted by Gasteiger charge is 2.35. The van der Waals surface area contributed by atoms with Gasteiger partial charge in [-0.3, -0.25) is 4.79 Å². The molecule has 1 saturated carbocycles. The van der Waals surface area contributed by atoms with Crippen molar-refractivity contribution in [2.24, 2.45) is 11.8 Å². The minimum Gasteiger partial charge on any atom is -0.478 e. The van der Waals surface area contributed by atoms with Gasteiger partial charge >= 0.3 is 5.97 Å². The molecule has 0 bridgehead atoms. The molecule has 0 aromatic heterocycles. The Morgan fingerprint density at radius 2 is 1.80 bits per heavy atom. The monoisotopic (exact) mass is 337 g/mol. The summed E-state index contributed by atoms with van der Waals surface area (Å²) in [7, 11) is 0. The van der Waals surface area contributed by atoms with Crippen molar-refractivity contribution >= 4 is 27.8 Å². The number of carbonyl (C=O) groups is 2. The zero-order valence-corrected chi connectivity index (χ0v) is 12.6. The molecule has 1 saturated heterocycles. The Balaban J connectivity index is 1.66. The zero-order valence-electron chi connectivity index (χ0n) is 11.0. The maximum absolute atomic E-state index is 12.3. The zero-order chi connectivity index (χ0) is 14.3. The molecular formula is C15H16BrNO3. The number of aromatic carboxylic acids is 1. The predicted molar refractivity (Wildman–Crippen MR) is 77.8 cm³/mol. The molecular weight excluding hydrogens is 322 g/mol. The Labute approximate surface area is 125 Å². The molecule has 1 amide bonds. The third-order valence-electron chi connectivity index (χ3n) is 4.00. The van der Waals surface area contributed by atoms with Gasteiger partial charge in [0.25, 0.3) is 5.91 Å². The van der Waals surface area contributed by atoms with Crippen LogP contribution in [0, 0.1) is 11.8 Å². The van der Waals surface area contributed by atoms with Crippen LogP contribution in [-0.2, 0) is 0 Å². The summed E-state index contributed by atoms with van der Waals surface area (Å²) in [6.45, 7) is 1.62. The molecule has 4 nitrogen and oxygen atoms in total. The second-order valence-corrected chi connectivity index (χ2v) is 6.70. The average Bonchev–Trinajstić information content (AvgIpc) is 3.15. The van der Waals surface area contributed by atoms with Crippen LogP contribution in [0.4, 0.5) is 0 Å². The average molecular weight is 338 g/mol. The number of carboxylic acid groups (broad SMARTS) is 1. The number of carboxylic acids is 1. The topological polar surface area (TPSA) is 57.6 Å². The van der Waals surface area contributed by atoms with E-state index in [1.54, 1.807) is 11.0 Å². The summed E-state index contributed by atoms with van der Waals surface area (Å²) in [5.74, 6) is 0.440. The third kappa shape index (κ3) is 2.87. The van der Waals surface area contributed by atoms with Gasteiger partial charge in [0.2, 0.25) is 0 Å². The number of amides is 1. The molecule has 0 unspecified atom stereocenters. The van der Waals surface area contributed by atoms with Crippen molar-refractivity contribution < 1.29 is 14.7 Å². The Kier molecular flexibility index (Phi) is 3.54. The largest absolute Gasteiger partial charge is 0.478 e. The van der Waals surface area contributed by atoms with Gasteiger partial charge in [-0.25, -0.2) is 4.79 Å². The minimum atomic E-state index is -1.02. The van der Waals surface area contributed by atoms with Crippen molar-refractivity contribution in [3.05, 3.63) is 33.8 Å². The van der Waals surface area contributed by atoms with E-state index in [4.69, 9.17) is 5.11 Å². The van der Waals surface area contributed by atoms with Gasteiger partial charge in [0.15, 0.2) is 0 Å². The van der Waals surface area contributed by atoms with Crippen molar-refractivity contribution in [1.82, 2.24) is 4.90 Å². The van der Waals surface area contributed by atoms with Crippen molar-refractivity contribution in [3.8, 4) is 0 Å². The summed E-state index contributed by atoms with van der Waals surface area (Å²) in [6.07, 6.45) is 3.93. The van der Waals surface area contributed by atoms with Crippen LogP contribution in [0.5, 0.6) is 0 Å². The van der Waals surface area contributed by atoms with Crippen molar-refractivity contribution in [2.75, 3.05) is 13.1 Å². The number of carbonyl (C=O) groups excluding carboxylic acids is 1. The van der Waals surface area contributed by atoms with Crippen LogP contribution in [0.3, 0.4) is 0 Å². The predicted octanol–water partition coefficient (Wildman–Crippen LogP) is 3.02. The van der Waals surface area contributed by atoms with Gasteiger partial charge in [-0.1, -0.05) is 28.8 Å². The Morgan fingerprint density at radius 3 is 2.40 bits per heavy atom. The Bertz CT molecular complexity index is 562. The first-order valence-corrected chi connectivity index (χ1v) is 7.65. The summed E-state index contributed by atoms with van der Waals surface area (Å²) >= 11 is 3.26. The van der Waals surface area contributed by atoms with Gasteiger partial charge in [0.1, 0.15) is 0 Å². The fraction of sp³-hybridized carbons (Fsp3) is 0.467. The standard InChI is InChI=1S/C15H16BrNO3/c16-13-5-11(4-12(6-13)15(19)20)14(18)17-7-10(8-17)3-9-1-2-9/h4-6,9-10H,1-3,7-8H2,(H,19,20). The van der Waals surface area contributed by atoms with E-state index in [1.807, 2.05) is 0 Å². The normalized spacial score (nSPS) is 18.8. The Morgan fingerprint density at radius 1 is 1.15 bits per heavy atom. The van der Waals surface area contributed by atoms with Gasteiger partial charge in [0, 0.05) is 23.1 Å². The molecule has 2 fully saturated rings. The number of hydrogen-bond donors (Lipinski definition) is 1. The van der Waals surface area contributed by atoms with Gasteiger partial charge in [0.05, 0.1) is 5.56 Å². The van der Waals surface area contributed by atoms with Gasteiger partial charge < -0.3 is 10.0 Å². The highest BCUT2D eigenvalue weighted by Crippen LogP contribution is 2.38. The van der Waals surface area contributed by atoms with Gasteiger partial charge in [-0.15, -0.1) is 0 Å². The Hall–Kier alpha value is -1.36. The first-order chi connectivity index (χ1) is 9.52. The van der Waals surface area contributed by atoms with Crippen LogP contribution in [0.1, 0.15) is 40.0 Å². The molecule has 1 aromatic rings. The van der Waals surface area contributed by atoms with Crippen molar-refractivity contribution in [1.29, 1.82) is 0 Å². The smallest absolute Gasteiger partial charge is 0.335 e. The lowest BCUT2D eigenvalue weighted by Gasteiger charge is -2.39. The number of rotatable bonds is 4. The van der Waals surface area contributed by atoms with Crippen molar-refractivity contribution in [3.63, 3.8) is 0 Å². The molecule has 20 heavy (non-hydrogen) atoms. The van der Waals surface area contributed by atoms with Gasteiger partial charge in [-0.05, 0) is 36.5 Å². The summed E-state index contributed by atoms with van der Waals surface area (Å²) in [5, 5.41) is 9.03. The number of halogens is 1. The quantitative estimate of drug-likeness (QED) is 0.918. The number of benzene rings is 1. The lowest BCUT2D eigenvalue weighted by atomic mass is 9.93. The molecule has 5 heteroatoms. The second kappa shape index (κ2) is 5.20. The molecule has 1 heterocycles. The molecule has 2 aliphatic rings. The third-order valence-corrected chi connectivity index (χ3v) is 4.46. The summed E-state index contributed by atoms with van der Waals surface area (Å²) in [6, 6.07) is 4.64. The minimum absolute atomic E-state index is 0.0687. The van der Waals surface area contributed by atoms with E-state index in [0.29, 0.717) is 16.0 Å². The lowest BCUT2D eigenvalue weighted by Crippen LogP contribution is -2.50. The SMILES string of the molecule is O=C(O)c1cc(Br)cc(C(=O)N2CC(CC3CC3)C2)c1. The van der Waals surface area contributed by atoms with E-state index in [-0.39, 0.29) is 11.5 Å². The maximum atomic E-state index is 12.3.